The Morgan fingerprint density at radius 2 is 2.17 bits per heavy atom. The molecule has 0 radical (unpaired) electrons. The highest BCUT2D eigenvalue weighted by atomic mass is 79.9. The van der Waals surface area contributed by atoms with Crippen LogP contribution >= 0.6 is 15.9 Å². The smallest absolute Gasteiger partial charge is 0.0918 e. The molecule has 18 heavy (non-hydrogen) atoms. The molecular formula is C12H22BrN5. The summed E-state index contributed by atoms with van der Waals surface area (Å²) in [5, 5.41) is 11.8. The molecule has 1 heterocycles. The molecule has 1 rings (SSSR count). The Labute approximate surface area is 117 Å². The van der Waals surface area contributed by atoms with Crippen LogP contribution in [-0.4, -0.2) is 33.6 Å². The Morgan fingerprint density at radius 1 is 1.50 bits per heavy atom. The molecule has 1 aromatic heterocycles. The van der Waals surface area contributed by atoms with Crippen molar-refractivity contribution < 1.29 is 0 Å². The summed E-state index contributed by atoms with van der Waals surface area (Å²) in [6.45, 7) is 9.67. The minimum Gasteiger partial charge on any atom is -0.388 e. The molecule has 0 unspecified atom stereocenters. The van der Waals surface area contributed by atoms with Crippen LogP contribution in [0.5, 0.6) is 0 Å². The number of amidine groups is 1. The van der Waals surface area contributed by atoms with Gasteiger partial charge in [-0.15, -0.1) is 0 Å². The van der Waals surface area contributed by atoms with Crippen LogP contribution in [-0.2, 0) is 13.1 Å². The molecule has 0 fully saturated rings. The van der Waals surface area contributed by atoms with Crippen molar-refractivity contribution in [2.45, 2.75) is 40.3 Å². The van der Waals surface area contributed by atoms with Gasteiger partial charge in [0, 0.05) is 26.1 Å². The van der Waals surface area contributed by atoms with Crippen LogP contribution in [0, 0.1) is 12.3 Å². The second kappa shape index (κ2) is 6.89. The number of nitrogens with one attached hydrogen (secondary N) is 1. The van der Waals surface area contributed by atoms with E-state index < -0.39 is 0 Å². The fourth-order valence-corrected chi connectivity index (χ4v) is 2.27. The van der Waals surface area contributed by atoms with Crippen molar-refractivity contribution in [2.75, 3.05) is 13.1 Å². The molecule has 0 amide bonds. The molecule has 0 saturated heterocycles. The normalized spacial score (nSPS) is 11.2. The van der Waals surface area contributed by atoms with E-state index in [2.05, 4.69) is 39.8 Å². The quantitative estimate of drug-likeness (QED) is 0.598. The molecular weight excluding hydrogens is 294 g/mol. The largest absolute Gasteiger partial charge is 0.388 e. The van der Waals surface area contributed by atoms with E-state index in [0.29, 0.717) is 6.42 Å². The Morgan fingerprint density at radius 3 is 2.67 bits per heavy atom. The van der Waals surface area contributed by atoms with E-state index >= 15 is 0 Å². The van der Waals surface area contributed by atoms with Gasteiger partial charge in [-0.05, 0) is 36.3 Å². The molecule has 0 spiro atoms. The average Bonchev–Trinajstić information content (AvgIpc) is 2.61. The molecule has 0 atom stereocenters. The first kappa shape index (κ1) is 15.2. The summed E-state index contributed by atoms with van der Waals surface area (Å²) in [7, 11) is 0. The second-order valence-corrected chi connectivity index (χ2v) is 5.10. The van der Waals surface area contributed by atoms with Gasteiger partial charge in [-0.2, -0.15) is 5.10 Å². The summed E-state index contributed by atoms with van der Waals surface area (Å²) < 4.78 is 3.11. The van der Waals surface area contributed by atoms with E-state index in [1.165, 1.54) is 5.69 Å². The zero-order valence-electron chi connectivity index (χ0n) is 11.3. The van der Waals surface area contributed by atoms with Crippen LogP contribution in [0.2, 0.25) is 0 Å². The summed E-state index contributed by atoms with van der Waals surface area (Å²) >= 11 is 3.60. The molecule has 5 nitrogen and oxygen atoms in total. The first-order chi connectivity index (χ1) is 8.49. The van der Waals surface area contributed by atoms with Gasteiger partial charge < -0.3 is 5.73 Å². The third-order valence-electron chi connectivity index (χ3n) is 2.97. The summed E-state index contributed by atoms with van der Waals surface area (Å²) in [5.74, 6) is 0.243. The van der Waals surface area contributed by atoms with Crippen molar-refractivity contribution in [3.63, 3.8) is 0 Å². The molecule has 0 aliphatic carbocycles. The minimum atomic E-state index is 0.243. The minimum absolute atomic E-state index is 0.243. The standard InChI is InChI=1S/C12H22BrN5/c1-4-17(7-6-11(14)15)8-10-12(13)9(3)16-18(10)5-2/h4-8H2,1-3H3,(H3,14,15). The average molecular weight is 316 g/mol. The molecule has 0 aliphatic rings. The van der Waals surface area contributed by atoms with Crippen LogP contribution in [0.3, 0.4) is 0 Å². The third kappa shape index (κ3) is 3.81. The number of aryl methyl sites for hydroxylation is 2. The highest BCUT2D eigenvalue weighted by molar-refractivity contribution is 9.10. The Balaban J connectivity index is 2.77. The molecule has 6 heteroatoms. The molecule has 1 aromatic rings. The summed E-state index contributed by atoms with van der Waals surface area (Å²) in [6.07, 6.45) is 0.616. The Kier molecular flexibility index (Phi) is 5.81. The van der Waals surface area contributed by atoms with Crippen LogP contribution in [0.25, 0.3) is 0 Å². The Bertz CT molecular complexity index is 413. The SMILES string of the molecule is CCN(CCC(=N)N)Cc1c(Br)c(C)nn1CC. The molecule has 3 N–H and O–H groups in total. The van der Waals surface area contributed by atoms with Gasteiger partial charge in [0.25, 0.3) is 0 Å². The highest BCUT2D eigenvalue weighted by Gasteiger charge is 2.15. The topological polar surface area (TPSA) is 70.9 Å². The van der Waals surface area contributed by atoms with Crippen LogP contribution in [0.1, 0.15) is 31.7 Å². The van der Waals surface area contributed by atoms with Crippen LogP contribution in [0.15, 0.2) is 4.47 Å². The summed E-state index contributed by atoms with van der Waals surface area (Å²) in [5.41, 5.74) is 7.63. The predicted molar refractivity (Wildman–Crippen MR) is 77.8 cm³/mol. The van der Waals surface area contributed by atoms with Gasteiger partial charge in [0.15, 0.2) is 0 Å². The summed E-state index contributed by atoms with van der Waals surface area (Å²) in [6, 6.07) is 0. The van der Waals surface area contributed by atoms with Crippen molar-refractivity contribution >= 4 is 21.8 Å². The highest BCUT2D eigenvalue weighted by Crippen LogP contribution is 2.22. The number of nitrogens with zero attached hydrogens (tertiary/aromatic N) is 3. The van der Waals surface area contributed by atoms with E-state index in [9.17, 15) is 0 Å². The number of hydrogen-bond donors (Lipinski definition) is 2. The molecule has 0 bridgehead atoms. The number of aromatic nitrogens is 2. The predicted octanol–water partition coefficient (Wildman–Crippen LogP) is 2.12. The maximum Gasteiger partial charge on any atom is 0.0918 e. The third-order valence-corrected chi connectivity index (χ3v) is 4.00. The second-order valence-electron chi connectivity index (χ2n) is 4.31. The monoisotopic (exact) mass is 315 g/mol. The van der Waals surface area contributed by atoms with Gasteiger partial charge in [-0.25, -0.2) is 0 Å². The van der Waals surface area contributed by atoms with Crippen LogP contribution in [0.4, 0.5) is 0 Å². The molecule has 102 valence electrons. The summed E-state index contributed by atoms with van der Waals surface area (Å²) in [4.78, 5) is 2.27. The van der Waals surface area contributed by atoms with Gasteiger partial charge in [0.2, 0.25) is 0 Å². The first-order valence-corrected chi connectivity index (χ1v) is 7.05. The van der Waals surface area contributed by atoms with Gasteiger partial charge in [0.05, 0.1) is 21.7 Å². The van der Waals surface area contributed by atoms with Crippen LogP contribution < -0.4 is 5.73 Å². The van der Waals surface area contributed by atoms with E-state index in [1.54, 1.807) is 0 Å². The molecule has 0 saturated carbocycles. The lowest BCUT2D eigenvalue weighted by atomic mass is 10.3. The van der Waals surface area contributed by atoms with Gasteiger partial charge >= 0.3 is 0 Å². The molecule has 0 aromatic carbocycles. The van der Waals surface area contributed by atoms with Crippen molar-refractivity contribution in [3.05, 3.63) is 15.9 Å². The van der Waals surface area contributed by atoms with E-state index in [0.717, 1.165) is 36.3 Å². The van der Waals surface area contributed by atoms with E-state index in [1.807, 2.05) is 11.6 Å². The first-order valence-electron chi connectivity index (χ1n) is 6.26. The fraction of sp³-hybridized carbons (Fsp3) is 0.667. The fourth-order valence-electron chi connectivity index (χ4n) is 1.86. The maximum atomic E-state index is 7.29. The maximum absolute atomic E-state index is 7.29. The van der Waals surface area contributed by atoms with Gasteiger partial charge in [-0.1, -0.05) is 6.92 Å². The van der Waals surface area contributed by atoms with E-state index in [4.69, 9.17) is 11.1 Å². The molecule has 0 aliphatic heterocycles. The van der Waals surface area contributed by atoms with E-state index in [-0.39, 0.29) is 5.84 Å². The van der Waals surface area contributed by atoms with Gasteiger partial charge in [0.1, 0.15) is 0 Å². The zero-order chi connectivity index (χ0) is 13.7. The lowest BCUT2D eigenvalue weighted by Gasteiger charge is -2.20. The number of nitrogens with two attached hydrogens (primary N) is 1. The number of hydrogen-bond acceptors (Lipinski definition) is 3. The zero-order valence-corrected chi connectivity index (χ0v) is 12.9. The van der Waals surface area contributed by atoms with Crippen molar-refractivity contribution in [2.24, 2.45) is 5.73 Å². The Hall–Kier alpha value is -0.880. The number of halogens is 1. The van der Waals surface area contributed by atoms with Crippen molar-refractivity contribution in [3.8, 4) is 0 Å². The van der Waals surface area contributed by atoms with Crippen molar-refractivity contribution in [1.82, 2.24) is 14.7 Å². The number of rotatable bonds is 7. The lowest BCUT2D eigenvalue weighted by Crippen LogP contribution is -2.28. The van der Waals surface area contributed by atoms with Gasteiger partial charge in [-0.3, -0.25) is 15.0 Å². The van der Waals surface area contributed by atoms with Crippen molar-refractivity contribution in [1.29, 1.82) is 5.41 Å². The lowest BCUT2D eigenvalue weighted by molar-refractivity contribution is 0.278.